The highest BCUT2D eigenvalue weighted by atomic mass is 32.2. The highest BCUT2D eigenvalue weighted by Crippen LogP contribution is 2.28. The van der Waals surface area contributed by atoms with Crippen LogP contribution >= 0.6 is 0 Å². The van der Waals surface area contributed by atoms with Crippen LogP contribution in [-0.2, 0) is 21.8 Å². The molecule has 1 unspecified atom stereocenters. The van der Waals surface area contributed by atoms with Gasteiger partial charge >= 0.3 is 6.09 Å². The molecule has 1 fully saturated rings. The molecule has 2 atom stereocenters. The zero-order valence-electron chi connectivity index (χ0n) is 23.7. The second-order valence-corrected chi connectivity index (χ2v) is 14.0. The molecule has 12 heteroatoms. The molecule has 0 aliphatic carbocycles. The minimum Gasteiger partial charge on any atom is -0.467 e. The molecule has 216 valence electrons. The van der Waals surface area contributed by atoms with Crippen LogP contribution in [0.4, 0.5) is 10.6 Å². The molecule has 2 aromatic rings. The number of piperidine rings is 1. The third-order valence-corrected chi connectivity index (χ3v) is 8.54. The van der Waals surface area contributed by atoms with Crippen LogP contribution in [0.3, 0.4) is 0 Å². The van der Waals surface area contributed by atoms with E-state index in [0.29, 0.717) is 36.9 Å². The molecule has 0 aromatic carbocycles. The number of anilines is 1. The molecule has 3 heterocycles. The minimum absolute atomic E-state index is 0.0158. The summed E-state index contributed by atoms with van der Waals surface area (Å²) in [4.78, 5) is 38.2. The predicted octanol–water partition coefficient (Wildman–Crippen LogP) is 3.88. The van der Waals surface area contributed by atoms with Gasteiger partial charge in [0.2, 0.25) is 0 Å². The number of carbonyl (C=O) groups excluding carboxylic acids is 1. The van der Waals surface area contributed by atoms with Gasteiger partial charge in [0.25, 0.3) is 5.91 Å². The molecule has 2 amide bonds. The van der Waals surface area contributed by atoms with Crippen molar-refractivity contribution >= 4 is 27.7 Å². The molecule has 0 bridgehead atoms. The first-order valence-corrected chi connectivity index (χ1v) is 15.1. The van der Waals surface area contributed by atoms with Crippen LogP contribution < -0.4 is 5.32 Å². The van der Waals surface area contributed by atoms with E-state index in [1.165, 1.54) is 11.1 Å². The van der Waals surface area contributed by atoms with Gasteiger partial charge in [-0.25, -0.2) is 23.2 Å². The molecule has 0 radical (unpaired) electrons. The third kappa shape index (κ3) is 8.17. The zero-order chi connectivity index (χ0) is 29.0. The Morgan fingerprint density at radius 1 is 1.28 bits per heavy atom. The maximum atomic E-state index is 14.1. The van der Waals surface area contributed by atoms with Crippen molar-refractivity contribution in [3.05, 3.63) is 41.7 Å². The molecule has 11 nitrogen and oxygen atoms in total. The van der Waals surface area contributed by atoms with Gasteiger partial charge in [0, 0.05) is 37.0 Å². The molecule has 0 spiro atoms. The fraction of sp³-hybridized carbons (Fsp3) is 0.630. The molecule has 39 heavy (non-hydrogen) atoms. The van der Waals surface area contributed by atoms with E-state index in [4.69, 9.17) is 9.40 Å². The van der Waals surface area contributed by atoms with Gasteiger partial charge in [-0.3, -0.25) is 4.79 Å². The number of likely N-dealkylation sites (tertiary alicyclic amines) is 1. The van der Waals surface area contributed by atoms with Gasteiger partial charge in [-0.15, -0.1) is 0 Å². The summed E-state index contributed by atoms with van der Waals surface area (Å²) in [6, 6.07) is 3.10. The number of carbonyl (C=O) groups is 2. The van der Waals surface area contributed by atoms with Gasteiger partial charge in [0.15, 0.2) is 0 Å². The average molecular weight is 564 g/mol. The topological polar surface area (TPSA) is 146 Å². The molecule has 2 N–H and O–H groups in total. The number of aromatic nitrogens is 2. The Morgan fingerprint density at radius 2 is 2.00 bits per heavy atom. The number of sulfone groups is 1. The number of furan rings is 1. The van der Waals surface area contributed by atoms with E-state index in [2.05, 4.69) is 10.3 Å². The number of hydrogen-bond acceptors (Lipinski definition) is 8. The normalized spacial score (nSPS) is 18.3. The predicted molar refractivity (Wildman–Crippen MR) is 148 cm³/mol. The Morgan fingerprint density at radius 3 is 2.56 bits per heavy atom. The number of amides is 2. The Hall–Kier alpha value is -3.15. The molecular formula is C27H41N5O6S. The lowest BCUT2D eigenvalue weighted by Crippen LogP contribution is -2.55. The fourth-order valence-corrected chi connectivity index (χ4v) is 5.91. The second-order valence-electron chi connectivity index (χ2n) is 11.6. The number of nitrogens with zero attached hydrogens (tertiary/aromatic N) is 4. The summed E-state index contributed by atoms with van der Waals surface area (Å²) in [6.45, 7) is 12.4. The van der Waals surface area contributed by atoms with E-state index in [1.807, 2.05) is 40.7 Å². The Balaban J connectivity index is 1.99. The van der Waals surface area contributed by atoms with Crippen molar-refractivity contribution in [2.45, 2.75) is 66.0 Å². The van der Waals surface area contributed by atoms with Crippen molar-refractivity contribution in [3.63, 3.8) is 0 Å². The Bertz CT molecular complexity index is 1240. The number of rotatable bonds is 10. The van der Waals surface area contributed by atoms with E-state index in [9.17, 15) is 23.1 Å². The van der Waals surface area contributed by atoms with Crippen molar-refractivity contribution < 1.29 is 27.5 Å². The standard InChI is InChI=1S/C27H41N5O6S/c1-7-39(36,37)17-19-11-20(16-31(15-19)26(34)35)32(14-18(2)3)24(33)22-13-29-25(27(4,5)6)30-23(22)28-12-21-9-8-10-38-21/h8-10,13,18-20H,7,11-12,14-17H2,1-6H3,(H,34,35)(H,28,29,30)/t19-,20?/m0/s1. The van der Waals surface area contributed by atoms with E-state index in [-0.39, 0.29) is 47.4 Å². The molecule has 1 saturated heterocycles. The van der Waals surface area contributed by atoms with Gasteiger partial charge in [0.05, 0.1) is 24.6 Å². The van der Waals surface area contributed by atoms with Crippen LogP contribution in [-0.4, -0.2) is 82.5 Å². The highest BCUT2D eigenvalue weighted by molar-refractivity contribution is 7.91. The minimum atomic E-state index is -3.33. The summed E-state index contributed by atoms with van der Waals surface area (Å²) < 4.78 is 30.2. The summed E-state index contributed by atoms with van der Waals surface area (Å²) in [7, 11) is -3.33. The van der Waals surface area contributed by atoms with E-state index in [0.717, 1.165) is 0 Å². The lowest BCUT2D eigenvalue weighted by atomic mass is 9.93. The first-order valence-electron chi connectivity index (χ1n) is 13.3. The molecule has 2 aromatic heterocycles. The lowest BCUT2D eigenvalue weighted by Gasteiger charge is -2.42. The molecule has 3 rings (SSSR count). The molecule has 1 aliphatic heterocycles. The summed E-state index contributed by atoms with van der Waals surface area (Å²) >= 11 is 0. The first kappa shape index (κ1) is 30.4. The van der Waals surface area contributed by atoms with Gasteiger partial charge in [-0.2, -0.15) is 0 Å². The van der Waals surface area contributed by atoms with Crippen LogP contribution in [0.1, 0.15) is 69.9 Å². The molecule has 0 saturated carbocycles. The Kier molecular flexibility index (Phi) is 9.63. The quantitative estimate of drug-likeness (QED) is 0.440. The van der Waals surface area contributed by atoms with Crippen molar-refractivity contribution in [1.29, 1.82) is 0 Å². The largest absolute Gasteiger partial charge is 0.467 e. The van der Waals surface area contributed by atoms with Crippen molar-refractivity contribution in [3.8, 4) is 0 Å². The van der Waals surface area contributed by atoms with Crippen LogP contribution in [0.25, 0.3) is 0 Å². The molecule has 1 aliphatic rings. The Labute approximate surface area is 230 Å². The maximum absolute atomic E-state index is 14.1. The SMILES string of the molecule is CCS(=O)(=O)C[C@H]1CC(N(CC(C)C)C(=O)c2cnc(C(C)(C)C)nc2NCc2ccco2)CN(C(=O)O)C1. The van der Waals surface area contributed by atoms with Crippen molar-refractivity contribution in [1.82, 2.24) is 19.8 Å². The lowest BCUT2D eigenvalue weighted by molar-refractivity contribution is 0.0429. The summed E-state index contributed by atoms with van der Waals surface area (Å²) in [6.07, 6.45) is 2.34. The summed E-state index contributed by atoms with van der Waals surface area (Å²) in [5.41, 5.74) is -0.0932. The van der Waals surface area contributed by atoms with Gasteiger partial charge < -0.3 is 24.6 Å². The summed E-state index contributed by atoms with van der Waals surface area (Å²) in [5, 5.41) is 13.0. The van der Waals surface area contributed by atoms with Gasteiger partial charge in [0.1, 0.15) is 32.8 Å². The second kappa shape index (κ2) is 12.4. The monoisotopic (exact) mass is 563 g/mol. The van der Waals surface area contributed by atoms with Crippen LogP contribution in [0.5, 0.6) is 0 Å². The smallest absolute Gasteiger partial charge is 0.407 e. The van der Waals surface area contributed by atoms with E-state index >= 15 is 0 Å². The van der Waals surface area contributed by atoms with Gasteiger partial charge in [-0.05, 0) is 30.4 Å². The summed E-state index contributed by atoms with van der Waals surface area (Å²) in [5.74, 6) is 0.806. The van der Waals surface area contributed by atoms with Crippen LogP contribution in [0, 0.1) is 11.8 Å². The first-order chi connectivity index (χ1) is 18.2. The van der Waals surface area contributed by atoms with Gasteiger partial charge in [-0.1, -0.05) is 41.5 Å². The fourth-order valence-electron chi connectivity index (χ4n) is 4.72. The number of hydrogen-bond donors (Lipinski definition) is 2. The maximum Gasteiger partial charge on any atom is 0.407 e. The van der Waals surface area contributed by atoms with Crippen LogP contribution in [0.2, 0.25) is 0 Å². The highest BCUT2D eigenvalue weighted by Gasteiger charge is 2.38. The number of nitrogens with one attached hydrogen (secondary N) is 1. The number of carboxylic acid groups (broad SMARTS) is 1. The molecular weight excluding hydrogens is 522 g/mol. The van der Waals surface area contributed by atoms with E-state index in [1.54, 1.807) is 24.2 Å². The van der Waals surface area contributed by atoms with E-state index < -0.39 is 27.9 Å². The van der Waals surface area contributed by atoms with Crippen molar-refractivity contribution in [2.75, 3.05) is 36.5 Å². The van der Waals surface area contributed by atoms with Crippen LogP contribution in [0.15, 0.2) is 29.0 Å². The zero-order valence-corrected chi connectivity index (χ0v) is 24.5. The average Bonchev–Trinajstić information content (AvgIpc) is 3.38. The van der Waals surface area contributed by atoms with Crippen molar-refractivity contribution in [2.24, 2.45) is 11.8 Å². The third-order valence-electron chi connectivity index (χ3n) is 6.68.